The molecule has 1 atom stereocenters. The summed E-state index contributed by atoms with van der Waals surface area (Å²) in [6.07, 6.45) is 1.09. The van der Waals surface area contributed by atoms with Crippen LogP contribution in [-0.4, -0.2) is 12.6 Å². The minimum absolute atomic E-state index is 0.195. The van der Waals surface area contributed by atoms with Gasteiger partial charge < -0.3 is 10.5 Å². The van der Waals surface area contributed by atoms with Gasteiger partial charge in [0.1, 0.15) is 5.75 Å². The van der Waals surface area contributed by atoms with Crippen molar-refractivity contribution in [2.45, 2.75) is 33.3 Å². The molecule has 0 saturated carbocycles. The van der Waals surface area contributed by atoms with Gasteiger partial charge in [0.15, 0.2) is 0 Å². The molecule has 0 saturated heterocycles. The average Bonchev–Trinajstić information content (AvgIpc) is 2.13. The maximum absolute atomic E-state index is 5.79. The van der Waals surface area contributed by atoms with E-state index in [-0.39, 0.29) is 6.10 Å². The van der Waals surface area contributed by atoms with E-state index in [0.29, 0.717) is 6.54 Å². The topological polar surface area (TPSA) is 35.2 Å². The zero-order valence-electron chi connectivity index (χ0n) is 9.21. The molecule has 0 fully saturated rings. The fourth-order valence-electron chi connectivity index (χ4n) is 1.36. The Morgan fingerprint density at radius 3 is 2.71 bits per heavy atom. The third kappa shape index (κ3) is 2.74. The van der Waals surface area contributed by atoms with Gasteiger partial charge >= 0.3 is 0 Å². The predicted molar refractivity (Wildman–Crippen MR) is 59.7 cm³/mol. The van der Waals surface area contributed by atoms with Gasteiger partial charge in [-0.2, -0.15) is 0 Å². The molecule has 1 aromatic carbocycles. The highest BCUT2D eigenvalue weighted by Gasteiger charge is 2.06. The molecular formula is C12H19NO. The Morgan fingerprint density at radius 2 is 2.07 bits per heavy atom. The van der Waals surface area contributed by atoms with E-state index in [9.17, 15) is 0 Å². The second-order valence-corrected chi connectivity index (χ2v) is 3.70. The highest BCUT2D eigenvalue weighted by atomic mass is 16.5. The molecule has 0 spiro atoms. The molecule has 0 aliphatic heterocycles. The van der Waals surface area contributed by atoms with Gasteiger partial charge in [0, 0.05) is 0 Å². The molecule has 2 nitrogen and oxygen atoms in total. The Hall–Kier alpha value is -1.02. The lowest BCUT2D eigenvalue weighted by atomic mass is 10.1. The van der Waals surface area contributed by atoms with Crippen molar-refractivity contribution in [3.05, 3.63) is 29.3 Å². The summed E-state index contributed by atoms with van der Waals surface area (Å²) in [6.45, 7) is 6.90. The smallest absolute Gasteiger partial charge is 0.122 e. The molecule has 0 aliphatic carbocycles. The van der Waals surface area contributed by atoms with Crippen LogP contribution >= 0.6 is 0 Å². The average molecular weight is 193 g/mol. The Labute approximate surface area is 86.1 Å². The maximum Gasteiger partial charge on any atom is 0.122 e. The standard InChI is InChI=1S/C12H19NO/c1-9-5-4-6-12(11(9)3)14-10(2)7-8-13/h4-6,10H,7-8,13H2,1-3H3. The van der Waals surface area contributed by atoms with Crippen LogP contribution in [-0.2, 0) is 0 Å². The molecule has 0 bridgehead atoms. The van der Waals surface area contributed by atoms with Gasteiger partial charge in [-0.15, -0.1) is 0 Å². The number of ether oxygens (including phenoxy) is 1. The summed E-state index contributed by atoms with van der Waals surface area (Å²) in [5.41, 5.74) is 7.96. The van der Waals surface area contributed by atoms with Gasteiger partial charge in [-0.25, -0.2) is 0 Å². The van der Waals surface area contributed by atoms with E-state index in [1.807, 2.05) is 12.1 Å². The molecule has 1 unspecified atom stereocenters. The van der Waals surface area contributed by atoms with Crippen LogP contribution in [0, 0.1) is 13.8 Å². The first-order chi connectivity index (χ1) is 6.65. The predicted octanol–water partition coefficient (Wildman–Crippen LogP) is 2.42. The van der Waals surface area contributed by atoms with Crippen LogP contribution in [0.25, 0.3) is 0 Å². The van der Waals surface area contributed by atoms with Gasteiger partial charge in [-0.3, -0.25) is 0 Å². The fraction of sp³-hybridized carbons (Fsp3) is 0.500. The number of nitrogens with two attached hydrogens (primary N) is 1. The van der Waals surface area contributed by atoms with Gasteiger partial charge in [-0.1, -0.05) is 12.1 Å². The lowest BCUT2D eigenvalue weighted by Crippen LogP contribution is -2.17. The number of hydrogen-bond acceptors (Lipinski definition) is 2. The van der Waals surface area contributed by atoms with Crippen molar-refractivity contribution >= 4 is 0 Å². The summed E-state index contributed by atoms with van der Waals surface area (Å²) < 4.78 is 5.79. The van der Waals surface area contributed by atoms with E-state index >= 15 is 0 Å². The van der Waals surface area contributed by atoms with Crippen LogP contribution < -0.4 is 10.5 Å². The summed E-state index contributed by atoms with van der Waals surface area (Å²) in [4.78, 5) is 0. The molecule has 0 aromatic heterocycles. The monoisotopic (exact) mass is 193 g/mol. The van der Waals surface area contributed by atoms with Crippen molar-refractivity contribution in [3.63, 3.8) is 0 Å². The molecule has 1 aromatic rings. The largest absolute Gasteiger partial charge is 0.490 e. The third-order valence-electron chi connectivity index (χ3n) is 2.46. The molecule has 2 N–H and O–H groups in total. The first kappa shape index (κ1) is 11.1. The highest BCUT2D eigenvalue weighted by molar-refractivity contribution is 5.38. The van der Waals surface area contributed by atoms with Gasteiger partial charge in [0.2, 0.25) is 0 Å². The van der Waals surface area contributed by atoms with Gasteiger partial charge in [-0.05, 0) is 50.9 Å². The molecule has 78 valence electrons. The van der Waals surface area contributed by atoms with E-state index < -0.39 is 0 Å². The van der Waals surface area contributed by atoms with Crippen LogP contribution in [0.3, 0.4) is 0 Å². The van der Waals surface area contributed by atoms with Crippen molar-refractivity contribution in [1.29, 1.82) is 0 Å². The Morgan fingerprint density at radius 1 is 1.36 bits per heavy atom. The van der Waals surface area contributed by atoms with Crippen molar-refractivity contribution < 1.29 is 4.74 Å². The first-order valence-corrected chi connectivity index (χ1v) is 5.08. The van der Waals surface area contributed by atoms with Crippen molar-refractivity contribution in [2.75, 3.05) is 6.54 Å². The highest BCUT2D eigenvalue weighted by Crippen LogP contribution is 2.22. The first-order valence-electron chi connectivity index (χ1n) is 5.08. The van der Waals surface area contributed by atoms with E-state index in [4.69, 9.17) is 10.5 Å². The summed E-state index contributed by atoms with van der Waals surface area (Å²) in [5.74, 6) is 0.978. The number of benzene rings is 1. The molecule has 0 radical (unpaired) electrons. The van der Waals surface area contributed by atoms with E-state index in [1.54, 1.807) is 0 Å². The van der Waals surface area contributed by atoms with E-state index in [2.05, 4.69) is 26.8 Å². The second-order valence-electron chi connectivity index (χ2n) is 3.70. The second kappa shape index (κ2) is 5.01. The fourth-order valence-corrected chi connectivity index (χ4v) is 1.36. The third-order valence-corrected chi connectivity index (χ3v) is 2.46. The molecular weight excluding hydrogens is 174 g/mol. The van der Waals surface area contributed by atoms with Crippen molar-refractivity contribution in [1.82, 2.24) is 0 Å². The van der Waals surface area contributed by atoms with Crippen molar-refractivity contribution in [2.24, 2.45) is 5.73 Å². The molecule has 2 heteroatoms. The summed E-state index contributed by atoms with van der Waals surface area (Å²) in [5, 5.41) is 0. The van der Waals surface area contributed by atoms with Crippen LogP contribution in [0.5, 0.6) is 5.75 Å². The molecule has 0 amide bonds. The molecule has 1 rings (SSSR count). The summed E-state index contributed by atoms with van der Waals surface area (Å²) in [7, 11) is 0. The Balaban J connectivity index is 2.71. The summed E-state index contributed by atoms with van der Waals surface area (Å²) >= 11 is 0. The zero-order valence-corrected chi connectivity index (χ0v) is 9.21. The summed E-state index contributed by atoms with van der Waals surface area (Å²) in [6, 6.07) is 6.12. The van der Waals surface area contributed by atoms with Crippen LogP contribution in [0.4, 0.5) is 0 Å². The van der Waals surface area contributed by atoms with E-state index in [1.165, 1.54) is 11.1 Å². The normalized spacial score (nSPS) is 12.6. The van der Waals surface area contributed by atoms with Crippen LogP contribution in [0.15, 0.2) is 18.2 Å². The maximum atomic E-state index is 5.79. The van der Waals surface area contributed by atoms with E-state index in [0.717, 1.165) is 12.2 Å². The molecule has 0 heterocycles. The van der Waals surface area contributed by atoms with Crippen molar-refractivity contribution in [3.8, 4) is 5.75 Å². The van der Waals surface area contributed by atoms with Gasteiger partial charge in [0.05, 0.1) is 6.10 Å². The zero-order chi connectivity index (χ0) is 10.6. The lowest BCUT2D eigenvalue weighted by molar-refractivity contribution is 0.212. The van der Waals surface area contributed by atoms with Crippen LogP contribution in [0.1, 0.15) is 24.5 Å². The Bertz CT molecular complexity index is 296. The number of aryl methyl sites for hydroxylation is 1. The number of rotatable bonds is 4. The van der Waals surface area contributed by atoms with Gasteiger partial charge in [0.25, 0.3) is 0 Å². The molecule has 14 heavy (non-hydrogen) atoms. The SMILES string of the molecule is Cc1cccc(OC(C)CCN)c1C. The quantitative estimate of drug-likeness (QED) is 0.797. The minimum Gasteiger partial charge on any atom is -0.490 e. The molecule has 0 aliphatic rings. The Kier molecular flexibility index (Phi) is 3.96. The van der Waals surface area contributed by atoms with Crippen LogP contribution in [0.2, 0.25) is 0 Å². The number of hydrogen-bond donors (Lipinski definition) is 1. The minimum atomic E-state index is 0.195. The lowest BCUT2D eigenvalue weighted by Gasteiger charge is -2.16.